The minimum atomic E-state index is -0.608. The predicted molar refractivity (Wildman–Crippen MR) is 108 cm³/mol. The molecule has 0 radical (unpaired) electrons. The van der Waals surface area contributed by atoms with Gasteiger partial charge >= 0.3 is 5.97 Å². The van der Waals surface area contributed by atoms with Crippen molar-refractivity contribution in [1.82, 2.24) is 9.88 Å². The fourth-order valence-electron chi connectivity index (χ4n) is 2.79. The molecule has 3 aromatic rings. The number of aromatic amines is 1. The number of hydrogen-bond acceptors (Lipinski definition) is 3. The number of amides is 1. The van der Waals surface area contributed by atoms with Gasteiger partial charge < -0.3 is 14.6 Å². The minimum absolute atomic E-state index is 0.219. The topological polar surface area (TPSA) is 62.4 Å². The standard InChI is InChI=1S/C22H21ClN2O3/c23-19-13-20(24-14-19)22(27)28-16-21(26)25(15-18-9-5-2-6-10-18)12-11-17-7-3-1-4-8-17/h1-10,13-14,24H,11-12,15-16H2. The van der Waals surface area contributed by atoms with Crippen molar-refractivity contribution in [2.45, 2.75) is 13.0 Å². The van der Waals surface area contributed by atoms with Gasteiger partial charge in [-0.3, -0.25) is 4.79 Å². The summed E-state index contributed by atoms with van der Waals surface area (Å²) in [7, 11) is 0. The zero-order valence-corrected chi connectivity index (χ0v) is 16.1. The van der Waals surface area contributed by atoms with Gasteiger partial charge in [0.1, 0.15) is 5.69 Å². The van der Waals surface area contributed by atoms with Crippen LogP contribution in [0.3, 0.4) is 0 Å². The van der Waals surface area contributed by atoms with Crippen molar-refractivity contribution in [2.75, 3.05) is 13.2 Å². The van der Waals surface area contributed by atoms with Gasteiger partial charge in [-0.15, -0.1) is 0 Å². The third kappa shape index (κ3) is 5.72. The van der Waals surface area contributed by atoms with Crippen LogP contribution in [0.25, 0.3) is 0 Å². The summed E-state index contributed by atoms with van der Waals surface area (Å²) in [6.45, 7) is 0.666. The number of ether oxygens (including phenoxy) is 1. The lowest BCUT2D eigenvalue weighted by Gasteiger charge is -2.23. The number of esters is 1. The highest BCUT2D eigenvalue weighted by Gasteiger charge is 2.18. The van der Waals surface area contributed by atoms with Crippen LogP contribution in [0.4, 0.5) is 0 Å². The highest BCUT2D eigenvalue weighted by atomic mass is 35.5. The van der Waals surface area contributed by atoms with Crippen LogP contribution in [0, 0.1) is 0 Å². The molecule has 0 unspecified atom stereocenters. The van der Waals surface area contributed by atoms with Crippen LogP contribution in [0.5, 0.6) is 0 Å². The molecule has 0 saturated carbocycles. The Morgan fingerprint density at radius 3 is 2.21 bits per heavy atom. The normalized spacial score (nSPS) is 10.5. The average molecular weight is 397 g/mol. The molecule has 144 valence electrons. The predicted octanol–water partition coefficient (Wildman–Crippen LogP) is 4.10. The van der Waals surface area contributed by atoms with Gasteiger partial charge in [-0.2, -0.15) is 0 Å². The van der Waals surface area contributed by atoms with Gasteiger partial charge in [0.05, 0.1) is 5.02 Å². The fourth-order valence-corrected chi connectivity index (χ4v) is 2.95. The van der Waals surface area contributed by atoms with E-state index >= 15 is 0 Å². The number of halogens is 1. The molecule has 2 aromatic carbocycles. The summed E-state index contributed by atoms with van der Waals surface area (Å²) >= 11 is 5.79. The lowest BCUT2D eigenvalue weighted by atomic mass is 10.1. The SMILES string of the molecule is O=C(OCC(=O)N(CCc1ccccc1)Cc1ccccc1)c1cc(Cl)c[nH]1. The molecule has 0 aliphatic heterocycles. The van der Waals surface area contributed by atoms with Gasteiger partial charge in [-0.05, 0) is 23.6 Å². The van der Waals surface area contributed by atoms with E-state index in [1.54, 1.807) is 4.90 Å². The molecule has 1 aromatic heterocycles. The van der Waals surface area contributed by atoms with E-state index in [-0.39, 0.29) is 18.2 Å². The fraction of sp³-hybridized carbons (Fsp3) is 0.182. The first-order valence-corrected chi connectivity index (χ1v) is 9.36. The van der Waals surface area contributed by atoms with Crippen LogP contribution in [0.1, 0.15) is 21.6 Å². The molecule has 28 heavy (non-hydrogen) atoms. The Hall–Kier alpha value is -3.05. The molecule has 0 aliphatic carbocycles. The molecule has 5 nitrogen and oxygen atoms in total. The third-order valence-corrected chi connectivity index (χ3v) is 4.49. The molecule has 1 amide bonds. The van der Waals surface area contributed by atoms with Crippen molar-refractivity contribution in [3.63, 3.8) is 0 Å². The van der Waals surface area contributed by atoms with Crippen LogP contribution >= 0.6 is 11.6 Å². The van der Waals surface area contributed by atoms with Crippen LogP contribution < -0.4 is 0 Å². The number of aromatic nitrogens is 1. The lowest BCUT2D eigenvalue weighted by Crippen LogP contribution is -2.35. The summed E-state index contributed by atoms with van der Waals surface area (Å²) in [5.74, 6) is -0.853. The Balaban J connectivity index is 1.62. The summed E-state index contributed by atoms with van der Waals surface area (Å²) in [5.41, 5.74) is 2.38. The monoisotopic (exact) mass is 396 g/mol. The van der Waals surface area contributed by atoms with Crippen LogP contribution in [-0.4, -0.2) is 34.9 Å². The molecule has 6 heteroatoms. The molecule has 0 aliphatic rings. The Morgan fingerprint density at radius 1 is 0.964 bits per heavy atom. The zero-order valence-electron chi connectivity index (χ0n) is 15.3. The largest absolute Gasteiger partial charge is 0.451 e. The molecule has 1 heterocycles. The lowest BCUT2D eigenvalue weighted by molar-refractivity contribution is -0.135. The number of carbonyl (C=O) groups excluding carboxylic acids is 2. The summed E-state index contributed by atoms with van der Waals surface area (Å²) < 4.78 is 5.15. The molecular weight excluding hydrogens is 376 g/mol. The molecule has 0 fully saturated rings. The number of hydrogen-bond donors (Lipinski definition) is 1. The quantitative estimate of drug-likeness (QED) is 0.583. The number of nitrogens with zero attached hydrogens (tertiary/aromatic N) is 1. The highest BCUT2D eigenvalue weighted by molar-refractivity contribution is 6.30. The second kappa shape index (κ2) is 9.76. The Bertz CT molecular complexity index is 910. The van der Waals surface area contributed by atoms with E-state index in [4.69, 9.17) is 16.3 Å². The third-order valence-electron chi connectivity index (χ3n) is 4.28. The Labute approximate surface area is 168 Å². The summed E-state index contributed by atoms with van der Waals surface area (Å²) in [4.78, 5) is 29.2. The second-order valence-corrected chi connectivity index (χ2v) is 6.78. The van der Waals surface area contributed by atoms with E-state index < -0.39 is 5.97 Å². The van der Waals surface area contributed by atoms with Crippen molar-refractivity contribution in [3.8, 4) is 0 Å². The first kappa shape index (κ1) is 19.7. The highest BCUT2D eigenvalue weighted by Crippen LogP contribution is 2.11. The zero-order chi connectivity index (χ0) is 19.8. The van der Waals surface area contributed by atoms with E-state index in [0.717, 1.165) is 17.5 Å². The minimum Gasteiger partial charge on any atom is -0.451 e. The van der Waals surface area contributed by atoms with E-state index in [0.29, 0.717) is 18.1 Å². The molecule has 0 saturated heterocycles. The van der Waals surface area contributed by atoms with Crippen molar-refractivity contribution in [1.29, 1.82) is 0 Å². The van der Waals surface area contributed by atoms with Crippen LogP contribution in [-0.2, 0) is 22.5 Å². The van der Waals surface area contributed by atoms with E-state index in [1.165, 1.54) is 12.3 Å². The molecule has 3 rings (SSSR count). The molecule has 0 atom stereocenters. The van der Waals surface area contributed by atoms with Crippen molar-refractivity contribution in [2.24, 2.45) is 0 Å². The first-order valence-electron chi connectivity index (χ1n) is 8.98. The van der Waals surface area contributed by atoms with Gasteiger partial charge in [-0.1, -0.05) is 72.3 Å². The van der Waals surface area contributed by atoms with Gasteiger partial charge in [0, 0.05) is 19.3 Å². The Morgan fingerprint density at radius 2 is 1.61 bits per heavy atom. The van der Waals surface area contributed by atoms with Gasteiger partial charge in [-0.25, -0.2) is 4.79 Å². The molecule has 0 spiro atoms. The Kier molecular flexibility index (Phi) is 6.87. The number of H-pyrrole nitrogens is 1. The number of benzene rings is 2. The van der Waals surface area contributed by atoms with E-state index in [1.807, 2.05) is 60.7 Å². The maximum Gasteiger partial charge on any atom is 0.355 e. The van der Waals surface area contributed by atoms with E-state index in [9.17, 15) is 9.59 Å². The van der Waals surface area contributed by atoms with Gasteiger partial charge in [0.2, 0.25) is 0 Å². The molecule has 1 N–H and O–H groups in total. The summed E-state index contributed by atoms with van der Waals surface area (Å²) in [6, 6.07) is 21.2. The maximum atomic E-state index is 12.7. The van der Waals surface area contributed by atoms with Crippen molar-refractivity contribution >= 4 is 23.5 Å². The van der Waals surface area contributed by atoms with Crippen LogP contribution in [0.15, 0.2) is 72.9 Å². The summed E-state index contributed by atoms with van der Waals surface area (Å²) in [6.07, 6.45) is 2.21. The number of rotatable bonds is 8. The second-order valence-electron chi connectivity index (χ2n) is 6.34. The van der Waals surface area contributed by atoms with Gasteiger partial charge in [0.15, 0.2) is 6.61 Å². The number of carbonyl (C=O) groups is 2. The van der Waals surface area contributed by atoms with Crippen molar-refractivity contribution in [3.05, 3.63) is 94.8 Å². The van der Waals surface area contributed by atoms with Gasteiger partial charge in [0.25, 0.3) is 5.91 Å². The summed E-state index contributed by atoms with van der Waals surface area (Å²) in [5, 5.41) is 0.409. The van der Waals surface area contributed by atoms with E-state index in [2.05, 4.69) is 4.98 Å². The smallest absolute Gasteiger partial charge is 0.355 e. The van der Waals surface area contributed by atoms with Crippen molar-refractivity contribution < 1.29 is 14.3 Å². The first-order chi connectivity index (χ1) is 13.6. The maximum absolute atomic E-state index is 12.7. The molecular formula is C22H21ClN2O3. The average Bonchev–Trinajstić information content (AvgIpc) is 3.17. The number of nitrogens with one attached hydrogen (secondary N) is 1. The van der Waals surface area contributed by atoms with Crippen LogP contribution in [0.2, 0.25) is 5.02 Å². The molecule has 0 bridgehead atoms.